The number of carbonyl (C=O) groups excluding carboxylic acids is 1. The molecule has 0 heterocycles. The molecule has 1 fully saturated rings. The zero-order chi connectivity index (χ0) is 20.4. The van der Waals surface area contributed by atoms with E-state index in [1.807, 2.05) is 36.4 Å². The van der Waals surface area contributed by atoms with Crippen molar-refractivity contribution in [1.29, 1.82) is 0 Å². The number of carbonyl (C=O) groups is 1. The van der Waals surface area contributed by atoms with Crippen LogP contribution in [0.3, 0.4) is 0 Å². The van der Waals surface area contributed by atoms with Gasteiger partial charge in [-0.3, -0.25) is 4.79 Å². The second-order valence-corrected chi connectivity index (χ2v) is 8.79. The molecule has 4 nitrogen and oxygen atoms in total. The van der Waals surface area contributed by atoms with E-state index in [0.29, 0.717) is 10.0 Å². The van der Waals surface area contributed by atoms with Crippen LogP contribution >= 0.6 is 31.9 Å². The second-order valence-electron chi connectivity index (χ2n) is 7.02. The molecule has 0 aromatic heterocycles. The molecule has 1 aliphatic rings. The smallest absolute Gasteiger partial charge is 0.244 e. The van der Waals surface area contributed by atoms with Gasteiger partial charge in [0.25, 0.3) is 0 Å². The minimum Gasteiger partial charge on any atom is -0.506 e. The van der Waals surface area contributed by atoms with Crippen LogP contribution in [-0.2, 0) is 10.2 Å². The molecule has 0 bridgehead atoms. The molecule has 0 unspecified atom stereocenters. The Balaban J connectivity index is 1.55. The van der Waals surface area contributed by atoms with Gasteiger partial charge in [0, 0.05) is 15.5 Å². The van der Waals surface area contributed by atoms with Gasteiger partial charge >= 0.3 is 0 Å². The van der Waals surface area contributed by atoms with Crippen LogP contribution in [0.1, 0.15) is 23.1 Å². The third-order valence-corrected chi connectivity index (χ3v) is 6.35. The Morgan fingerprint density at radius 1 is 1.03 bits per heavy atom. The number of phenolic OH excluding ortho intramolecular Hbond substituents is 1. The Hall–Kier alpha value is -2.44. The number of halogens is 2. The van der Waals surface area contributed by atoms with Gasteiger partial charge in [-0.1, -0.05) is 76.6 Å². The number of nitrogens with zero attached hydrogens (tertiary/aromatic N) is 1. The normalized spacial score (nSPS) is 17.2. The van der Waals surface area contributed by atoms with E-state index in [1.54, 1.807) is 12.1 Å². The summed E-state index contributed by atoms with van der Waals surface area (Å²) in [6.45, 7) is 0. The Labute approximate surface area is 185 Å². The Morgan fingerprint density at radius 2 is 1.62 bits per heavy atom. The van der Waals surface area contributed by atoms with Gasteiger partial charge in [0.1, 0.15) is 5.75 Å². The molecule has 29 heavy (non-hydrogen) atoms. The minimum absolute atomic E-state index is 0.0699. The van der Waals surface area contributed by atoms with Crippen molar-refractivity contribution in [3.05, 3.63) is 98.4 Å². The van der Waals surface area contributed by atoms with Gasteiger partial charge in [0.15, 0.2) is 0 Å². The largest absolute Gasteiger partial charge is 0.506 e. The Kier molecular flexibility index (Phi) is 5.56. The average molecular weight is 514 g/mol. The summed E-state index contributed by atoms with van der Waals surface area (Å²) in [7, 11) is 0. The third-order valence-electron chi connectivity index (χ3n) is 5.29. The predicted molar refractivity (Wildman–Crippen MR) is 121 cm³/mol. The first-order valence-electron chi connectivity index (χ1n) is 9.14. The molecule has 4 rings (SSSR count). The molecule has 0 saturated heterocycles. The summed E-state index contributed by atoms with van der Waals surface area (Å²) in [5.41, 5.74) is 5.07. The number of hydrogen-bond donors (Lipinski definition) is 2. The quantitative estimate of drug-likeness (QED) is 0.355. The van der Waals surface area contributed by atoms with E-state index in [4.69, 9.17) is 0 Å². The van der Waals surface area contributed by atoms with Gasteiger partial charge in [-0.25, -0.2) is 5.43 Å². The van der Waals surface area contributed by atoms with Crippen LogP contribution in [0.5, 0.6) is 5.75 Å². The fourth-order valence-corrected chi connectivity index (χ4v) is 5.04. The molecule has 1 amide bonds. The molecule has 3 aromatic carbocycles. The van der Waals surface area contributed by atoms with Crippen LogP contribution in [0.15, 0.2) is 86.8 Å². The van der Waals surface area contributed by atoms with E-state index < -0.39 is 0 Å². The first kappa shape index (κ1) is 19.9. The van der Waals surface area contributed by atoms with E-state index >= 15 is 0 Å². The average Bonchev–Trinajstić information content (AvgIpc) is 3.50. The van der Waals surface area contributed by atoms with Crippen LogP contribution < -0.4 is 5.43 Å². The highest BCUT2D eigenvalue weighted by Crippen LogP contribution is 2.58. The number of phenols is 1. The molecule has 6 heteroatoms. The van der Waals surface area contributed by atoms with Crippen LogP contribution in [0.4, 0.5) is 0 Å². The number of rotatable bonds is 5. The topological polar surface area (TPSA) is 61.7 Å². The molecule has 1 aliphatic carbocycles. The highest BCUT2D eigenvalue weighted by atomic mass is 79.9. The molecule has 146 valence electrons. The number of nitrogens with one attached hydrogen (secondary N) is 1. The van der Waals surface area contributed by atoms with Crippen LogP contribution in [-0.4, -0.2) is 17.2 Å². The van der Waals surface area contributed by atoms with E-state index in [9.17, 15) is 9.90 Å². The van der Waals surface area contributed by atoms with Gasteiger partial charge < -0.3 is 5.11 Å². The molecular weight excluding hydrogens is 496 g/mol. The van der Waals surface area contributed by atoms with Crippen LogP contribution in [0.25, 0.3) is 0 Å². The lowest BCUT2D eigenvalue weighted by Gasteiger charge is -2.18. The fourth-order valence-electron chi connectivity index (χ4n) is 3.78. The monoisotopic (exact) mass is 512 g/mol. The van der Waals surface area contributed by atoms with Crippen molar-refractivity contribution in [3.63, 3.8) is 0 Å². The predicted octanol–water partition coefficient (Wildman–Crippen LogP) is 5.37. The fraction of sp³-hybridized carbons (Fsp3) is 0.130. The standard InChI is InChI=1S/C23H18Br2N2O2/c24-18-11-15(21(28)20(25)12-18)14-26-27-22(29)19-13-23(19,16-7-3-1-4-8-16)17-9-5-2-6-10-17/h1-12,14,19,28H,13H2,(H,27,29)/b26-14+/t19-/m1/s1. The summed E-state index contributed by atoms with van der Waals surface area (Å²) < 4.78 is 1.35. The minimum atomic E-state index is -0.330. The number of benzene rings is 3. The summed E-state index contributed by atoms with van der Waals surface area (Å²) >= 11 is 6.67. The van der Waals surface area contributed by atoms with Crippen LogP contribution in [0, 0.1) is 5.92 Å². The van der Waals surface area contributed by atoms with Crippen molar-refractivity contribution in [1.82, 2.24) is 5.43 Å². The highest BCUT2D eigenvalue weighted by Gasteiger charge is 2.60. The number of hydrogen-bond acceptors (Lipinski definition) is 3. The van der Waals surface area contributed by atoms with Gasteiger partial charge in [-0.2, -0.15) is 5.10 Å². The summed E-state index contributed by atoms with van der Waals surface area (Å²) in [5, 5.41) is 14.2. The summed E-state index contributed by atoms with van der Waals surface area (Å²) in [6.07, 6.45) is 2.17. The molecule has 3 aromatic rings. The van der Waals surface area contributed by atoms with Crippen molar-refractivity contribution >= 4 is 44.0 Å². The van der Waals surface area contributed by atoms with E-state index in [1.165, 1.54) is 6.21 Å². The number of hydrazone groups is 1. The van der Waals surface area contributed by atoms with Crippen molar-refractivity contribution < 1.29 is 9.90 Å². The SMILES string of the molecule is O=C(N/N=C/c1cc(Br)cc(Br)c1O)[C@H]1CC1(c1ccccc1)c1ccccc1. The van der Waals surface area contributed by atoms with Gasteiger partial charge in [0.05, 0.1) is 16.6 Å². The zero-order valence-electron chi connectivity index (χ0n) is 15.3. The summed E-state index contributed by atoms with van der Waals surface area (Å²) in [4.78, 5) is 12.9. The van der Waals surface area contributed by atoms with E-state index in [0.717, 1.165) is 22.0 Å². The lowest BCUT2D eigenvalue weighted by molar-refractivity contribution is -0.122. The molecular formula is C23H18Br2N2O2. The lowest BCUT2D eigenvalue weighted by atomic mass is 9.85. The number of amides is 1. The zero-order valence-corrected chi connectivity index (χ0v) is 18.5. The molecule has 1 saturated carbocycles. The number of aromatic hydroxyl groups is 1. The maximum atomic E-state index is 12.9. The summed E-state index contributed by atoms with van der Waals surface area (Å²) in [5.74, 6) is -0.268. The Bertz CT molecular complexity index is 1030. The molecule has 1 atom stereocenters. The van der Waals surface area contributed by atoms with Crippen molar-refractivity contribution in [3.8, 4) is 5.75 Å². The van der Waals surface area contributed by atoms with Crippen molar-refractivity contribution in [2.75, 3.05) is 0 Å². The highest BCUT2D eigenvalue weighted by molar-refractivity contribution is 9.11. The van der Waals surface area contributed by atoms with Crippen LogP contribution in [0.2, 0.25) is 0 Å². The Morgan fingerprint density at radius 3 is 2.21 bits per heavy atom. The molecule has 2 N–H and O–H groups in total. The molecule has 0 aliphatic heterocycles. The van der Waals surface area contributed by atoms with E-state index in [-0.39, 0.29) is 23.0 Å². The first-order valence-corrected chi connectivity index (χ1v) is 10.7. The summed E-state index contributed by atoms with van der Waals surface area (Å²) in [6, 6.07) is 23.7. The third kappa shape index (κ3) is 3.87. The van der Waals surface area contributed by atoms with Gasteiger partial charge in [-0.05, 0) is 45.6 Å². The maximum absolute atomic E-state index is 12.9. The van der Waals surface area contributed by atoms with Crippen molar-refractivity contribution in [2.24, 2.45) is 11.0 Å². The molecule has 0 spiro atoms. The second kappa shape index (κ2) is 8.13. The maximum Gasteiger partial charge on any atom is 0.244 e. The van der Waals surface area contributed by atoms with Gasteiger partial charge in [0.2, 0.25) is 5.91 Å². The first-order chi connectivity index (χ1) is 14.0. The lowest BCUT2D eigenvalue weighted by Crippen LogP contribution is -2.25. The van der Waals surface area contributed by atoms with E-state index in [2.05, 4.69) is 66.7 Å². The van der Waals surface area contributed by atoms with Crippen molar-refractivity contribution in [2.45, 2.75) is 11.8 Å². The van der Waals surface area contributed by atoms with Gasteiger partial charge in [-0.15, -0.1) is 0 Å². The molecule has 0 radical (unpaired) electrons.